The van der Waals surface area contributed by atoms with Crippen LogP contribution in [0.15, 0.2) is 0 Å². The van der Waals surface area contributed by atoms with Gasteiger partial charge in [0.1, 0.15) is 0 Å². The fourth-order valence-electron chi connectivity index (χ4n) is 0.475. The normalized spacial score (nSPS) is 8.18. The summed E-state index contributed by atoms with van der Waals surface area (Å²) in [7, 11) is 1.11. The molecule has 0 aromatic heterocycles. The minimum absolute atomic E-state index is 0.106. The molecule has 0 N–H and O–H groups in total. The molecular weight excluding hydrogens is 148 g/mol. The molecule has 0 bridgehead atoms. The maximum Gasteiger partial charge on any atom is 0.441 e. The molecule has 60 valence electrons. The van der Waals surface area contributed by atoms with Crippen LogP contribution in [0.2, 0.25) is 0 Å². The summed E-state index contributed by atoms with van der Waals surface area (Å²) < 4.78 is 4.18. The zero-order valence-corrected chi connectivity index (χ0v) is 6.33. The molecule has 0 unspecified atom stereocenters. The lowest BCUT2D eigenvalue weighted by molar-refractivity contribution is -0.139. The zero-order chi connectivity index (χ0) is 8.85. The van der Waals surface area contributed by atoms with E-state index >= 15 is 0 Å². The molecule has 0 amide bonds. The Balaban J connectivity index is 4.57. The summed E-state index contributed by atoms with van der Waals surface area (Å²) in [5.41, 5.74) is 7.64. The third kappa shape index (κ3) is 2.31. The molecule has 0 atom stereocenters. The summed E-state index contributed by atoms with van der Waals surface area (Å²) in [6.45, 7) is 1.55. The molecule has 0 saturated heterocycles. The van der Waals surface area contributed by atoms with Gasteiger partial charge < -0.3 is 10.3 Å². The van der Waals surface area contributed by atoms with Crippen molar-refractivity contribution < 1.29 is 19.1 Å². The number of hydrogen-bond acceptors (Lipinski definition) is 3. The number of ketones is 1. The second kappa shape index (κ2) is 4.35. The predicted molar refractivity (Wildman–Crippen MR) is 35.9 cm³/mol. The van der Waals surface area contributed by atoms with Gasteiger partial charge in [-0.3, -0.25) is 4.79 Å². The fourth-order valence-corrected chi connectivity index (χ4v) is 0.475. The van der Waals surface area contributed by atoms with Crippen molar-refractivity contribution in [1.82, 2.24) is 0 Å². The lowest BCUT2D eigenvalue weighted by Gasteiger charge is -1.89. The van der Waals surface area contributed by atoms with Gasteiger partial charge in [-0.05, 0) is 0 Å². The van der Waals surface area contributed by atoms with E-state index in [2.05, 4.69) is 9.53 Å². The Bertz CT molecular complexity index is 210. The van der Waals surface area contributed by atoms with Gasteiger partial charge in [0.05, 0.1) is 7.11 Å². The van der Waals surface area contributed by atoms with Crippen LogP contribution < -0.4 is 0 Å². The van der Waals surface area contributed by atoms with E-state index in [4.69, 9.17) is 5.53 Å². The van der Waals surface area contributed by atoms with Crippen LogP contribution in [0.25, 0.3) is 5.53 Å². The Labute approximate surface area is 63.6 Å². The Morgan fingerprint density at radius 1 is 1.55 bits per heavy atom. The average molecular weight is 156 g/mol. The van der Waals surface area contributed by atoms with Crippen LogP contribution in [0.4, 0.5) is 0 Å². The van der Waals surface area contributed by atoms with Crippen LogP contribution in [0.3, 0.4) is 0 Å². The maximum absolute atomic E-state index is 10.8. The smallest absolute Gasteiger partial charge is 0.441 e. The van der Waals surface area contributed by atoms with Gasteiger partial charge >= 0.3 is 11.7 Å². The van der Waals surface area contributed by atoms with Crippen LogP contribution in [0.1, 0.15) is 13.3 Å². The number of Topliss-reactive ketones (excluding diaryl/α,β-unsaturated/α-hetero) is 1. The average Bonchev–Trinajstić information content (AvgIpc) is 2.05. The topological polar surface area (TPSA) is 79.8 Å². The molecule has 0 aliphatic rings. The maximum atomic E-state index is 10.8. The molecule has 0 spiro atoms. The number of hydrogen-bond donors (Lipinski definition) is 0. The Morgan fingerprint density at radius 3 is 2.36 bits per heavy atom. The predicted octanol–water partition coefficient (Wildman–Crippen LogP) is -0.191. The first-order valence-electron chi connectivity index (χ1n) is 3.00. The molecule has 0 heterocycles. The molecule has 0 rings (SSSR count). The van der Waals surface area contributed by atoms with E-state index in [1.54, 1.807) is 6.92 Å². The Hall–Kier alpha value is -1.48. The quantitative estimate of drug-likeness (QED) is 0.187. The van der Waals surface area contributed by atoms with E-state index in [0.29, 0.717) is 0 Å². The second-order valence-electron chi connectivity index (χ2n) is 1.72. The van der Waals surface area contributed by atoms with Crippen molar-refractivity contribution in [3.8, 4) is 0 Å². The molecule has 0 saturated carbocycles. The molecule has 0 aromatic rings. The minimum Gasteiger partial charge on any atom is -0.460 e. The van der Waals surface area contributed by atoms with Crippen molar-refractivity contribution >= 4 is 17.5 Å². The van der Waals surface area contributed by atoms with E-state index in [1.807, 2.05) is 0 Å². The van der Waals surface area contributed by atoms with E-state index in [0.717, 1.165) is 7.11 Å². The molecule has 0 aliphatic heterocycles. The Morgan fingerprint density at radius 2 is 2.09 bits per heavy atom. The SMILES string of the molecule is CCC(=O)C(=[N+]=[N-])C(=O)OC. The van der Waals surface area contributed by atoms with Gasteiger partial charge in [-0.25, -0.2) is 4.79 Å². The first-order chi connectivity index (χ1) is 5.17. The van der Waals surface area contributed by atoms with Crippen molar-refractivity contribution in [2.75, 3.05) is 7.11 Å². The summed E-state index contributed by atoms with van der Waals surface area (Å²) >= 11 is 0. The largest absolute Gasteiger partial charge is 0.460 e. The van der Waals surface area contributed by atoms with Gasteiger partial charge in [-0.2, -0.15) is 4.79 Å². The van der Waals surface area contributed by atoms with Crippen LogP contribution in [-0.2, 0) is 14.3 Å². The fraction of sp³-hybridized carbons (Fsp3) is 0.500. The molecule has 5 heteroatoms. The third-order valence-electron chi connectivity index (χ3n) is 1.06. The highest BCUT2D eigenvalue weighted by molar-refractivity contribution is 6.62. The molecule has 11 heavy (non-hydrogen) atoms. The Kier molecular flexibility index (Phi) is 3.77. The molecule has 0 aliphatic carbocycles. The molecule has 5 nitrogen and oxygen atoms in total. The van der Waals surface area contributed by atoms with Crippen LogP contribution in [0, 0.1) is 0 Å². The number of rotatable bonds is 3. The number of esters is 1. The van der Waals surface area contributed by atoms with Crippen molar-refractivity contribution in [2.45, 2.75) is 13.3 Å². The lowest BCUT2D eigenvalue weighted by atomic mass is 10.2. The van der Waals surface area contributed by atoms with E-state index < -0.39 is 17.5 Å². The monoisotopic (exact) mass is 156 g/mol. The van der Waals surface area contributed by atoms with Crippen LogP contribution in [0.5, 0.6) is 0 Å². The first-order valence-corrected chi connectivity index (χ1v) is 3.00. The third-order valence-corrected chi connectivity index (χ3v) is 1.06. The van der Waals surface area contributed by atoms with E-state index in [-0.39, 0.29) is 6.42 Å². The molecule has 0 radical (unpaired) electrons. The van der Waals surface area contributed by atoms with Crippen LogP contribution >= 0.6 is 0 Å². The van der Waals surface area contributed by atoms with Gasteiger partial charge in [0.15, 0.2) is 0 Å². The minimum atomic E-state index is -0.917. The standard InChI is InChI=1S/C6H8N2O3/c1-3-4(9)5(8-7)6(10)11-2/h3H2,1-2H3. The highest BCUT2D eigenvalue weighted by Gasteiger charge is 2.28. The van der Waals surface area contributed by atoms with Gasteiger partial charge in [0, 0.05) is 6.42 Å². The zero-order valence-electron chi connectivity index (χ0n) is 6.33. The summed E-state index contributed by atoms with van der Waals surface area (Å²) in [6.07, 6.45) is 0.106. The van der Waals surface area contributed by atoms with E-state index in [1.165, 1.54) is 0 Å². The number of methoxy groups -OCH3 is 1. The van der Waals surface area contributed by atoms with Crippen LogP contribution in [-0.4, -0.2) is 29.4 Å². The highest BCUT2D eigenvalue weighted by Crippen LogP contribution is 1.86. The number of carbonyl (C=O) groups excluding carboxylic acids is 2. The lowest BCUT2D eigenvalue weighted by Crippen LogP contribution is -2.25. The first kappa shape index (κ1) is 9.52. The van der Waals surface area contributed by atoms with Crippen molar-refractivity contribution in [3.05, 3.63) is 5.53 Å². The number of carbonyl (C=O) groups is 2. The number of ether oxygens (including phenoxy) is 1. The second-order valence-corrected chi connectivity index (χ2v) is 1.72. The van der Waals surface area contributed by atoms with Crippen molar-refractivity contribution in [3.63, 3.8) is 0 Å². The number of nitrogens with zero attached hydrogens (tertiary/aromatic N) is 2. The molecule has 0 aromatic carbocycles. The summed E-state index contributed by atoms with van der Waals surface area (Å²) in [6, 6.07) is 0. The van der Waals surface area contributed by atoms with E-state index in [9.17, 15) is 9.59 Å². The summed E-state index contributed by atoms with van der Waals surface area (Å²) in [5.74, 6) is -1.46. The van der Waals surface area contributed by atoms with Gasteiger partial charge in [0.2, 0.25) is 0 Å². The van der Waals surface area contributed by atoms with Gasteiger partial charge in [0.25, 0.3) is 5.78 Å². The van der Waals surface area contributed by atoms with Gasteiger partial charge in [-0.15, -0.1) is 0 Å². The highest BCUT2D eigenvalue weighted by atomic mass is 16.5. The van der Waals surface area contributed by atoms with Crippen molar-refractivity contribution in [2.24, 2.45) is 0 Å². The molecular formula is C6H8N2O3. The van der Waals surface area contributed by atoms with Gasteiger partial charge in [-0.1, -0.05) is 6.92 Å². The molecule has 0 fully saturated rings. The summed E-state index contributed by atoms with van der Waals surface area (Å²) in [5, 5.41) is 0. The van der Waals surface area contributed by atoms with Crippen molar-refractivity contribution in [1.29, 1.82) is 0 Å². The summed E-state index contributed by atoms with van der Waals surface area (Å²) in [4.78, 5) is 23.9.